The SMILES string of the molecule is CC(COc1ccc(Nc2ccccc2)cc1)OC(=O)CCSCCC(=O)O. The molecule has 2 aromatic rings. The van der Waals surface area contributed by atoms with Gasteiger partial charge in [-0.25, -0.2) is 0 Å². The maximum absolute atomic E-state index is 11.8. The Bertz CT molecular complexity index is 736. The Morgan fingerprint density at radius 1 is 1.00 bits per heavy atom. The molecule has 150 valence electrons. The number of hydrogen-bond acceptors (Lipinski definition) is 6. The second kappa shape index (κ2) is 11.9. The lowest BCUT2D eigenvalue weighted by Gasteiger charge is -2.15. The van der Waals surface area contributed by atoms with E-state index in [1.807, 2.05) is 54.6 Å². The quantitative estimate of drug-likeness (QED) is 0.403. The van der Waals surface area contributed by atoms with Gasteiger partial charge in [-0.05, 0) is 43.3 Å². The predicted octanol–water partition coefficient (Wildman–Crippen LogP) is 4.34. The summed E-state index contributed by atoms with van der Waals surface area (Å²) in [5.74, 6) is 0.614. The van der Waals surface area contributed by atoms with E-state index in [-0.39, 0.29) is 31.5 Å². The summed E-state index contributed by atoms with van der Waals surface area (Å²) in [6.07, 6.45) is -0.00315. The molecule has 0 spiro atoms. The lowest BCUT2D eigenvalue weighted by Crippen LogP contribution is -2.22. The van der Waals surface area contributed by atoms with Crippen molar-refractivity contribution in [2.75, 3.05) is 23.4 Å². The smallest absolute Gasteiger partial charge is 0.307 e. The molecule has 0 saturated carbocycles. The molecular weight excluding hydrogens is 378 g/mol. The summed E-state index contributed by atoms with van der Waals surface area (Å²) in [7, 11) is 0. The topological polar surface area (TPSA) is 84.9 Å². The van der Waals surface area contributed by atoms with Crippen LogP contribution in [-0.4, -0.2) is 41.3 Å². The molecule has 0 bridgehead atoms. The first kappa shape index (κ1) is 21.6. The number of carboxylic acids is 1. The van der Waals surface area contributed by atoms with Crippen LogP contribution in [0.4, 0.5) is 11.4 Å². The van der Waals surface area contributed by atoms with E-state index in [9.17, 15) is 9.59 Å². The number of carbonyl (C=O) groups is 2. The number of anilines is 2. The van der Waals surface area contributed by atoms with E-state index in [1.54, 1.807) is 6.92 Å². The van der Waals surface area contributed by atoms with E-state index in [0.717, 1.165) is 11.4 Å². The highest BCUT2D eigenvalue weighted by Crippen LogP contribution is 2.20. The molecule has 1 atom stereocenters. The van der Waals surface area contributed by atoms with Crippen LogP contribution >= 0.6 is 11.8 Å². The minimum absolute atomic E-state index is 0.101. The van der Waals surface area contributed by atoms with Gasteiger partial charge >= 0.3 is 11.9 Å². The monoisotopic (exact) mass is 403 g/mol. The first-order chi connectivity index (χ1) is 13.5. The van der Waals surface area contributed by atoms with Crippen molar-refractivity contribution in [3.05, 3.63) is 54.6 Å². The molecule has 0 aliphatic rings. The fourth-order valence-corrected chi connectivity index (χ4v) is 3.10. The molecule has 0 aromatic heterocycles. The van der Waals surface area contributed by atoms with Gasteiger partial charge in [0, 0.05) is 22.9 Å². The number of para-hydroxylation sites is 1. The van der Waals surface area contributed by atoms with E-state index in [0.29, 0.717) is 17.3 Å². The molecule has 28 heavy (non-hydrogen) atoms. The number of carboxylic acid groups (broad SMARTS) is 1. The molecule has 0 radical (unpaired) electrons. The highest BCUT2D eigenvalue weighted by Gasteiger charge is 2.10. The maximum Gasteiger partial charge on any atom is 0.307 e. The summed E-state index contributed by atoms with van der Waals surface area (Å²) in [5.41, 5.74) is 1.97. The van der Waals surface area contributed by atoms with Crippen LogP contribution in [0.5, 0.6) is 5.75 Å². The molecule has 2 N–H and O–H groups in total. The van der Waals surface area contributed by atoms with Crippen molar-refractivity contribution in [3.63, 3.8) is 0 Å². The number of nitrogens with one attached hydrogen (secondary N) is 1. The first-order valence-electron chi connectivity index (χ1n) is 9.07. The Kier molecular flexibility index (Phi) is 9.21. The lowest BCUT2D eigenvalue weighted by molar-refractivity contribution is -0.149. The van der Waals surface area contributed by atoms with Gasteiger partial charge in [0.15, 0.2) is 0 Å². The summed E-state index contributed by atoms with van der Waals surface area (Å²) in [4.78, 5) is 22.2. The third-order valence-corrected chi connectivity index (χ3v) is 4.63. The third kappa shape index (κ3) is 8.81. The van der Waals surface area contributed by atoms with Gasteiger partial charge in [-0.2, -0.15) is 11.8 Å². The number of hydrogen-bond donors (Lipinski definition) is 2. The van der Waals surface area contributed by atoms with Gasteiger partial charge in [0.2, 0.25) is 0 Å². The molecule has 2 rings (SSSR count). The zero-order valence-electron chi connectivity index (χ0n) is 15.8. The third-order valence-electron chi connectivity index (χ3n) is 3.64. The summed E-state index contributed by atoms with van der Waals surface area (Å²) in [5, 5.41) is 11.9. The molecule has 7 heteroatoms. The summed E-state index contributed by atoms with van der Waals surface area (Å²) >= 11 is 1.43. The minimum atomic E-state index is -0.829. The predicted molar refractivity (Wildman–Crippen MR) is 111 cm³/mol. The van der Waals surface area contributed by atoms with Gasteiger partial charge in [0.05, 0.1) is 12.8 Å². The van der Waals surface area contributed by atoms with Crippen molar-refractivity contribution in [3.8, 4) is 5.75 Å². The Morgan fingerprint density at radius 3 is 2.32 bits per heavy atom. The Balaban J connectivity index is 1.64. The number of ether oxygens (including phenoxy) is 2. The highest BCUT2D eigenvalue weighted by molar-refractivity contribution is 7.99. The number of rotatable bonds is 12. The van der Waals surface area contributed by atoms with Crippen molar-refractivity contribution < 1.29 is 24.2 Å². The Hall–Kier alpha value is -2.67. The molecule has 6 nitrogen and oxygen atoms in total. The lowest BCUT2D eigenvalue weighted by atomic mass is 10.2. The number of benzene rings is 2. The summed E-state index contributed by atoms with van der Waals surface area (Å²) in [6, 6.07) is 17.5. The molecule has 0 fully saturated rings. The average Bonchev–Trinajstić information content (AvgIpc) is 2.68. The number of carbonyl (C=O) groups excluding carboxylic acids is 1. The van der Waals surface area contributed by atoms with Crippen molar-refractivity contribution >= 4 is 35.1 Å². The van der Waals surface area contributed by atoms with Crippen LogP contribution in [0.2, 0.25) is 0 Å². The van der Waals surface area contributed by atoms with E-state index < -0.39 is 5.97 Å². The van der Waals surface area contributed by atoms with E-state index in [1.165, 1.54) is 11.8 Å². The van der Waals surface area contributed by atoms with Gasteiger partial charge in [-0.15, -0.1) is 0 Å². The first-order valence-corrected chi connectivity index (χ1v) is 10.2. The fourth-order valence-electron chi connectivity index (χ4n) is 2.27. The van der Waals surface area contributed by atoms with Gasteiger partial charge in [0.1, 0.15) is 18.5 Å². The molecule has 0 amide bonds. The molecule has 1 unspecified atom stereocenters. The van der Waals surface area contributed by atoms with Crippen LogP contribution in [-0.2, 0) is 14.3 Å². The normalized spacial score (nSPS) is 11.5. The zero-order chi connectivity index (χ0) is 20.2. The summed E-state index contributed by atoms with van der Waals surface area (Å²) in [6.45, 7) is 2.05. The molecule has 0 saturated heterocycles. The zero-order valence-corrected chi connectivity index (χ0v) is 16.6. The van der Waals surface area contributed by atoms with E-state index in [4.69, 9.17) is 14.6 Å². The van der Waals surface area contributed by atoms with Crippen molar-refractivity contribution in [2.45, 2.75) is 25.9 Å². The number of aliphatic carboxylic acids is 1. The fraction of sp³-hybridized carbons (Fsp3) is 0.333. The summed E-state index contributed by atoms with van der Waals surface area (Å²) < 4.78 is 11.0. The van der Waals surface area contributed by atoms with Crippen LogP contribution in [0.15, 0.2) is 54.6 Å². The average molecular weight is 404 g/mol. The maximum atomic E-state index is 11.8. The van der Waals surface area contributed by atoms with Gasteiger partial charge in [-0.3, -0.25) is 9.59 Å². The Labute approximate surface area is 169 Å². The van der Waals surface area contributed by atoms with E-state index in [2.05, 4.69) is 5.32 Å². The molecule has 0 aliphatic carbocycles. The van der Waals surface area contributed by atoms with E-state index >= 15 is 0 Å². The van der Waals surface area contributed by atoms with Crippen molar-refractivity contribution in [1.29, 1.82) is 0 Å². The van der Waals surface area contributed by atoms with Gasteiger partial charge in [0.25, 0.3) is 0 Å². The standard InChI is InChI=1S/C21H25NO5S/c1-16(27-21(25)12-14-28-13-11-20(23)24)15-26-19-9-7-18(8-10-19)22-17-5-3-2-4-6-17/h2-10,16,22H,11-15H2,1H3,(H,23,24). The van der Waals surface area contributed by atoms with Crippen LogP contribution in [0.3, 0.4) is 0 Å². The Morgan fingerprint density at radius 2 is 1.64 bits per heavy atom. The second-order valence-electron chi connectivity index (χ2n) is 6.13. The van der Waals surface area contributed by atoms with Gasteiger partial charge < -0.3 is 19.9 Å². The number of esters is 1. The molecule has 2 aromatic carbocycles. The van der Waals surface area contributed by atoms with Crippen LogP contribution < -0.4 is 10.1 Å². The van der Waals surface area contributed by atoms with Crippen LogP contribution in [0.25, 0.3) is 0 Å². The van der Waals surface area contributed by atoms with Crippen LogP contribution in [0.1, 0.15) is 19.8 Å². The largest absolute Gasteiger partial charge is 0.490 e. The molecule has 0 aliphatic heterocycles. The van der Waals surface area contributed by atoms with Crippen molar-refractivity contribution in [2.24, 2.45) is 0 Å². The molecule has 0 heterocycles. The second-order valence-corrected chi connectivity index (χ2v) is 7.36. The van der Waals surface area contributed by atoms with Crippen LogP contribution in [0, 0.1) is 0 Å². The van der Waals surface area contributed by atoms with Crippen molar-refractivity contribution in [1.82, 2.24) is 0 Å². The molecular formula is C21H25NO5S. The van der Waals surface area contributed by atoms with Gasteiger partial charge in [-0.1, -0.05) is 18.2 Å². The minimum Gasteiger partial charge on any atom is -0.490 e. The number of thioether (sulfide) groups is 1. The highest BCUT2D eigenvalue weighted by atomic mass is 32.2.